The molecule has 0 spiro atoms. The molecule has 0 fully saturated rings. The van der Waals surface area contributed by atoms with Crippen molar-refractivity contribution in [1.29, 1.82) is 0 Å². The minimum atomic E-state index is -0.0966. The molecule has 1 aromatic carbocycles. The number of thiazole rings is 1. The van der Waals surface area contributed by atoms with Gasteiger partial charge in [0.15, 0.2) is 0 Å². The SMILES string of the molecule is Cc1ccc(OCCNC(=O)c2sc(-c3ccsc3)nc2C)c(C)c1. The lowest BCUT2D eigenvalue weighted by molar-refractivity contribution is 0.0950. The lowest BCUT2D eigenvalue weighted by Gasteiger charge is -2.10. The van der Waals surface area contributed by atoms with Crippen LogP contribution in [0.4, 0.5) is 0 Å². The van der Waals surface area contributed by atoms with Crippen LogP contribution < -0.4 is 10.1 Å². The van der Waals surface area contributed by atoms with E-state index in [1.54, 1.807) is 11.3 Å². The van der Waals surface area contributed by atoms with Gasteiger partial charge in [-0.1, -0.05) is 17.7 Å². The van der Waals surface area contributed by atoms with Gasteiger partial charge in [-0.15, -0.1) is 11.3 Å². The summed E-state index contributed by atoms with van der Waals surface area (Å²) >= 11 is 3.05. The summed E-state index contributed by atoms with van der Waals surface area (Å²) in [6.07, 6.45) is 0. The van der Waals surface area contributed by atoms with Crippen LogP contribution in [0.1, 0.15) is 26.5 Å². The minimum Gasteiger partial charge on any atom is -0.491 e. The number of ether oxygens (including phenoxy) is 1. The van der Waals surface area contributed by atoms with Crippen molar-refractivity contribution in [3.8, 4) is 16.3 Å². The Hall–Kier alpha value is -2.18. The third-order valence-electron chi connectivity index (χ3n) is 3.75. The van der Waals surface area contributed by atoms with E-state index in [9.17, 15) is 4.79 Å². The average molecular weight is 373 g/mol. The van der Waals surface area contributed by atoms with Crippen LogP contribution in [-0.4, -0.2) is 24.0 Å². The van der Waals surface area contributed by atoms with Crippen molar-refractivity contribution < 1.29 is 9.53 Å². The Kier molecular flexibility index (Phi) is 5.50. The second kappa shape index (κ2) is 7.80. The number of nitrogens with zero attached hydrogens (tertiary/aromatic N) is 1. The average Bonchev–Trinajstić information content (AvgIpc) is 3.22. The number of aryl methyl sites for hydroxylation is 3. The molecular formula is C19H20N2O2S2. The van der Waals surface area contributed by atoms with E-state index in [4.69, 9.17) is 4.74 Å². The van der Waals surface area contributed by atoms with Crippen LogP contribution in [0, 0.1) is 20.8 Å². The summed E-state index contributed by atoms with van der Waals surface area (Å²) in [5.74, 6) is 0.759. The second-order valence-corrected chi connectivity index (χ2v) is 7.60. The van der Waals surface area contributed by atoms with Crippen LogP contribution in [0.15, 0.2) is 35.0 Å². The van der Waals surface area contributed by atoms with Crippen LogP contribution in [0.5, 0.6) is 5.75 Å². The van der Waals surface area contributed by atoms with Crippen molar-refractivity contribution in [3.05, 3.63) is 56.7 Å². The van der Waals surface area contributed by atoms with Gasteiger partial charge in [-0.25, -0.2) is 4.98 Å². The van der Waals surface area contributed by atoms with Crippen molar-refractivity contribution in [2.75, 3.05) is 13.2 Å². The quantitative estimate of drug-likeness (QED) is 0.643. The Balaban J connectivity index is 1.54. The van der Waals surface area contributed by atoms with E-state index in [0.717, 1.165) is 27.6 Å². The third kappa shape index (κ3) is 4.27. The lowest BCUT2D eigenvalue weighted by Crippen LogP contribution is -2.28. The molecular weight excluding hydrogens is 352 g/mol. The Morgan fingerprint density at radius 3 is 2.80 bits per heavy atom. The van der Waals surface area contributed by atoms with Crippen molar-refractivity contribution >= 4 is 28.6 Å². The molecule has 3 rings (SSSR count). The molecule has 6 heteroatoms. The van der Waals surface area contributed by atoms with Crippen LogP contribution in [-0.2, 0) is 0 Å². The third-order valence-corrected chi connectivity index (χ3v) is 5.64. The number of nitrogens with one attached hydrogen (secondary N) is 1. The summed E-state index contributed by atoms with van der Waals surface area (Å²) in [5, 5.41) is 7.84. The Morgan fingerprint density at radius 2 is 2.08 bits per heavy atom. The van der Waals surface area contributed by atoms with Gasteiger partial charge in [-0.05, 0) is 43.8 Å². The second-order valence-electron chi connectivity index (χ2n) is 5.82. The van der Waals surface area contributed by atoms with Crippen LogP contribution in [0.25, 0.3) is 10.6 Å². The first-order chi connectivity index (χ1) is 12.0. The zero-order valence-electron chi connectivity index (χ0n) is 14.5. The van der Waals surface area contributed by atoms with Crippen LogP contribution in [0.3, 0.4) is 0 Å². The number of carbonyl (C=O) groups excluding carboxylic acids is 1. The lowest BCUT2D eigenvalue weighted by atomic mass is 10.1. The molecule has 130 valence electrons. The van der Waals surface area contributed by atoms with Crippen LogP contribution >= 0.6 is 22.7 Å². The summed E-state index contributed by atoms with van der Waals surface area (Å²) in [5.41, 5.74) is 4.14. The fourth-order valence-corrected chi connectivity index (χ4v) is 4.18. The van der Waals surface area contributed by atoms with E-state index >= 15 is 0 Å². The normalized spacial score (nSPS) is 10.7. The van der Waals surface area contributed by atoms with Gasteiger partial charge in [0, 0.05) is 10.9 Å². The number of carbonyl (C=O) groups is 1. The van der Waals surface area contributed by atoms with Gasteiger partial charge in [-0.2, -0.15) is 11.3 Å². The van der Waals surface area contributed by atoms with Crippen molar-refractivity contribution in [3.63, 3.8) is 0 Å². The van der Waals surface area contributed by atoms with Crippen molar-refractivity contribution in [2.24, 2.45) is 0 Å². The van der Waals surface area contributed by atoms with E-state index < -0.39 is 0 Å². The van der Waals surface area contributed by atoms with Gasteiger partial charge < -0.3 is 10.1 Å². The molecule has 4 nitrogen and oxygen atoms in total. The summed E-state index contributed by atoms with van der Waals surface area (Å²) in [6.45, 7) is 6.84. The number of rotatable bonds is 6. The van der Waals surface area contributed by atoms with Crippen LogP contribution in [0.2, 0.25) is 0 Å². The van der Waals surface area contributed by atoms with Gasteiger partial charge in [0.1, 0.15) is 22.2 Å². The molecule has 2 aromatic heterocycles. The van der Waals surface area contributed by atoms with Gasteiger partial charge >= 0.3 is 0 Å². The molecule has 0 atom stereocenters. The molecule has 3 aromatic rings. The van der Waals surface area contributed by atoms with Crippen molar-refractivity contribution in [1.82, 2.24) is 10.3 Å². The monoisotopic (exact) mass is 372 g/mol. The molecule has 1 N–H and O–H groups in total. The fraction of sp³-hybridized carbons (Fsp3) is 0.263. The smallest absolute Gasteiger partial charge is 0.263 e. The number of amides is 1. The number of thiophene rings is 1. The van der Waals surface area contributed by atoms with Gasteiger partial charge in [0.2, 0.25) is 0 Å². The van der Waals surface area contributed by atoms with Gasteiger partial charge in [0.25, 0.3) is 5.91 Å². The highest BCUT2D eigenvalue weighted by molar-refractivity contribution is 7.17. The highest BCUT2D eigenvalue weighted by atomic mass is 32.1. The maximum absolute atomic E-state index is 12.4. The molecule has 0 aliphatic rings. The highest BCUT2D eigenvalue weighted by Crippen LogP contribution is 2.29. The zero-order valence-corrected chi connectivity index (χ0v) is 16.1. The fourth-order valence-electron chi connectivity index (χ4n) is 2.48. The highest BCUT2D eigenvalue weighted by Gasteiger charge is 2.16. The summed E-state index contributed by atoms with van der Waals surface area (Å²) in [7, 11) is 0. The molecule has 0 unspecified atom stereocenters. The summed E-state index contributed by atoms with van der Waals surface area (Å²) in [6, 6.07) is 8.09. The number of aromatic nitrogens is 1. The molecule has 1 amide bonds. The first kappa shape index (κ1) is 17.6. The molecule has 0 radical (unpaired) electrons. The minimum absolute atomic E-state index is 0.0966. The van der Waals surface area contributed by atoms with E-state index in [2.05, 4.69) is 23.3 Å². The van der Waals surface area contributed by atoms with Crippen molar-refractivity contribution in [2.45, 2.75) is 20.8 Å². The molecule has 25 heavy (non-hydrogen) atoms. The van der Waals surface area contributed by atoms with E-state index in [-0.39, 0.29) is 5.91 Å². The van der Waals surface area contributed by atoms with E-state index in [0.29, 0.717) is 18.0 Å². The molecule has 0 saturated heterocycles. The Morgan fingerprint density at radius 1 is 1.24 bits per heavy atom. The van der Waals surface area contributed by atoms with E-state index in [1.807, 2.05) is 42.8 Å². The van der Waals surface area contributed by atoms with Gasteiger partial charge in [0.05, 0.1) is 12.2 Å². The topological polar surface area (TPSA) is 51.2 Å². The summed E-state index contributed by atoms with van der Waals surface area (Å²) < 4.78 is 5.75. The predicted octanol–water partition coefficient (Wildman–Crippen LogP) is 4.61. The Bertz CT molecular complexity index is 870. The maximum atomic E-state index is 12.4. The predicted molar refractivity (Wildman–Crippen MR) is 104 cm³/mol. The molecule has 0 aliphatic heterocycles. The Labute approximate surface area is 155 Å². The first-order valence-electron chi connectivity index (χ1n) is 8.03. The molecule has 0 bridgehead atoms. The zero-order chi connectivity index (χ0) is 17.8. The first-order valence-corrected chi connectivity index (χ1v) is 9.79. The number of benzene rings is 1. The number of hydrogen-bond donors (Lipinski definition) is 1. The number of hydrogen-bond acceptors (Lipinski definition) is 5. The standard InChI is InChI=1S/C19H20N2O2S2/c1-12-4-5-16(13(2)10-12)23-8-7-20-18(22)17-14(3)21-19(25-17)15-6-9-24-11-15/h4-6,9-11H,7-8H2,1-3H3,(H,20,22). The van der Waals surface area contributed by atoms with Gasteiger partial charge in [-0.3, -0.25) is 4.79 Å². The molecule has 0 saturated carbocycles. The maximum Gasteiger partial charge on any atom is 0.263 e. The molecule has 2 heterocycles. The summed E-state index contributed by atoms with van der Waals surface area (Å²) in [4.78, 5) is 17.5. The largest absolute Gasteiger partial charge is 0.491 e. The molecule has 0 aliphatic carbocycles. The van der Waals surface area contributed by atoms with E-state index in [1.165, 1.54) is 16.9 Å².